The molecule has 0 saturated carbocycles. The smallest absolute Gasteiger partial charge is 0.416 e. The highest BCUT2D eigenvalue weighted by atomic mass is 19.4. The van der Waals surface area contributed by atoms with Crippen molar-refractivity contribution in [2.24, 2.45) is 0 Å². The number of alkyl halides is 3. The van der Waals surface area contributed by atoms with Gasteiger partial charge in [0, 0.05) is 25.7 Å². The van der Waals surface area contributed by atoms with Gasteiger partial charge in [-0.25, -0.2) is 0 Å². The molecule has 31 heavy (non-hydrogen) atoms. The van der Waals surface area contributed by atoms with E-state index in [1.807, 2.05) is 29.2 Å². The zero-order valence-electron chi connectivity index (χ0n) is 18.0. The summed E-state index contributed by atoms with van der Waals surface area (Å²) in [7, 11) is 1.59. The van der Waals surface area contributed by atoms with Crippen LogP contribution in [-0.4, -0.2) is 48.5 Å². The summed E-state index contributed by atoms with van der Waals surface area (Å²) in [6.07, 6.45) is -2.39. The summed E-state index contributed by atoms with van der Waals surface area (Å²) in [5.41, 5.74) is 0.909. The predicted octanol–water partition coefficient (Wildman–Crippen LogP) is 4.77. The van der Waals surface area contributed by atoms with Crippen LogP contribution in [0, 0.1) is 0 Å². The third-order valence-electron chi connectivity index (χ3n) is 5.91. The summed E-state index contributed by atoms with van der Waals surface area (Å²) in [6, 6.07) is 12.6. The van der Waals surface area contributed by atoms with Gasteiger partial charge in [-0.2, -0.15) is 13.2 Å². The SMILES string of the molecule is CCN1CCC(N(Cc2ccc(C(F)(F)F)cc2)C(=O)Cc2ccc(OC)cc2)CC1. The molecule has 4 nitrogen and oxygen atoms in total. The largest absolute Gasteiger partial charge is 0.497 e. The third-order valence-corrected chi connectivity index (χ3v) is 5.91. The van der Waals surface area contributed by atoms with E-state index in [0.29, 0.717) is 12.1 Å². The first-order valence-electron chi connectivity index (χ1n) is 10.6. The number of rotatable bonds is 7. The molecule has 0 bridgehead atoms. The summed E-state index contributed by atoms with van der Waals surface area (Å²) < 4.78 is 43.8. The van der Waals surface area contributed by atoms with E-state index in [1.54, 1.807) is 7.11 Å². The van der Waals surface area contributed by atoms with Crippen molar-refractivity contribution in [3.05, 3.63) is 65.2 Å². The fourth-order valence-electron chi connectivity index (χ4n) is 3.98. The fraction of sp³-hybridized carbons (Fsp3) is 0.458. The Labute approximate surface area is 181 Å². The first-order valence-corrected chi connectivity index (χ1v) is 10.6. The van der Waals surface area contributed by atoms with Crippen LogP contribution in [0.1, 0.15) is 36.5 Å². The standard InChI is InChI=1S/C24H29F3N2O2/c1-3-28-14-12-21(13-15-28)29(17-19-4-8-20(9-5-19)24(25,26)27)23(30)16-18-6-10-22(31-2)11-7-18/h4-11,21H,3,12-17H2,1-2H3. The van der Waals surface area contributed by atoms with Gasteiger partial charge < -0.3 is 14.5 Å². The summed E-state index contributed by atoms with van der Waals surface area (Å²) >= 11 is 0. The molecule has 7 heteroatoms. The number of carbonyl (C=O) groups is 1. The van der Waals surface area contributed by atoms with Crippen molar-refractivity contribution in [3.8, 4) is 5.75 Å². The summed E-state index contributed by atoms with van der Waals surface area (Å²) in [4.78, 5) is 17.4. The molecular weight excluding hydrogens is 405 g/mol. The maximum atomic E-state index is 13.2. The molecule has 0 aromatic heterocycles. The lowest BCUT2D eigenvalue weighted by atomic mass is 10.0. The van der Waals surface area contributed by atoms with Crippen molar-refractivity contribution in [2.75, 3.05) is 26.7 Å². The van der Waals surface area contributed by atoms with Crippen molar-refractivity contribution in [1.29, 1.82) is 0 Å². The van der Waals surface area contributed by atoms with Crippen molar-refractivity contribution in [2.45, 2.75) is 44.9 Å². The second kappa shape index (κ2) is 10.2. The van der Waals surface area contributed by atoms with Crippen molar-refractivity contribution in [3.63, 3.8) is 0 Å². The van der Waals surface area contributed by atoms with Crippen LogP contribution in [0.25, 0.3) is 0 Å². The number of piperidine rings is 1. The fourth-order valence-corrected chi connectivity index (χ4v) is 3.98. The second-order valence-electron chi connectivity index (χ2n) is 7.91. The van der Waals surface area contributed by atoms with Crippen LogP contribution in [0.5, 0.6) is 5.75 Å². The molecule has 1 fully saturated rings. The Morgan fingerprint density at radius 3 is 2.13 bits per heavy atom. The number of nitrogens with zero attached hydrogens (tertiary/aromatic N) is 2. The monoisotopic (exact) mass is 434 g/mol. The third kappa shape index (κ3) is 6.23. The molecule has 1 heterocycles. The highest BCUT2D eigenvalue weighted by molar-refractivity contribution is 5.79. The molecule has 1 aliphatic heterocycles. The van der Waals surface area contributed by atoms with Gasteiger partial charge in [0.15, 0.2) is 0 Å². The van der Waals surface area contributed by atoms with Crippen LogP contribution in [0.2, 0.25) is 0 Å². The lowest BCUT2D eigenvalue weighted by Gasteiger charge is -2.38. The minimum atomic E-state index is -4.37. The minimum absolute atomic E-state index is 0.0139. The van der Waals surface area contributed by atoms with Crippen LogP contribution < -0.4 is 4.74 Å². The molecule has 0 unspecified atom stereocenters. The number of halogens is 3. The molecule has 168 valence electrons. The van der Waals surface area contributed by atoms with E-state index in [0.717, 1.165) is 55.9 Å². The number of ether oxygens (including phenoxy) is 1. The van der Waals surface area contributed by atoms with Gasteiger partial charge in [0.25, 0.3) is 0 Å². The van der Waals surface area contributed by atoms with Crippen LogP contribution in [-0.2, 0) is 23.9 Å². The van der Waals surface area contributed by atoms with E-state index in [-0.39, 0.29) is 18.4 Å². The number of hydrogen-bond acceptors (Lipinski definition) is 3. The van der Waals surface area contributed by atoms with E-state index in [2.05, 4.69) is 11.8 Å². The van der Waals surface area contributed by atoms with E-state index < -0.39 is 11.7 Å². The van der Waals surface area contributed by atoms with Crippen LogP contribution in [0.4, 0.5) is 13.2 Å². The molecule has 0 radical (unpaired) electrons. The first kappa shape index (κ1) is 23.1. The van der Waals surface area contributed by atoms with Gasteiger partial charge in [-0.15, -0.1) is 0 Å². The number of methoxy groups -OCH3 is 1. The summed E-state index contributed by atoms with van der Waals surface area (Å²) in [5, 5.41) is 0. The van der Waals surface area contributed by atoms with Crippen LogP contribution in [0.15, 0.2) is 48.5 Å². The number of amides is 1. The number of carbonyl (C=O) groups excluding carboxylic acids is 1. The summed E-state index contributed by atoms with van der Waals surface area (Å²) in [6.45, 7) is 5.24. The van der Waals surface area contributed by atoms with Gasteiger partial charge in [0.2, 0.25) is 5.91 Å². The first-order chi connectivity index (χ1) is 14.8. The van der Waals surface area contributed by atoms with E-state index in [4.69, 9.17) is 4.74 Å². The second-order valence-corrected chi connectivity index (χ2v) is 7.91. The normalized spacial score (nSPS) is 15.6. The molecule has 0 aliphatic carbocycles. The Kier molecular flexibility index (Phi) is 7.59. The van der Waals surface area contributed by atoms with Crippen molar-refractivity contribution >= 4 is 5.91 Å². The van der Waals surface area contributed by atoms with E-state index in [9.17, 15) is 18.0 Å². The Morgan fingerprint density at radius 2 is 1.61 bits per heavy atom. The van der Waals surface area contributed by atoms with Gasteiger partial charge in [0.1, 0.15) is 5.75 Å². The average Bonchev–Trinajstić information content (AvgIpc) is 2.78. The zero-order valence-corrected chi connectivity index (χ0v) is 18.0. The van der Waals surface area contributed by atoms with E-state index >= 15 is 0 Å². The van der Waals surface area contributed by atoms with Gasteiger partial charge in [-0.3, -0.25) is 4.79 Å². The van der Waals surface area contributed by atoms with Crippen LogP contribution >= 0.6 is 0 Å². The number of hydrogen-bond donors (Lipinski definition) is 0. The molecule has 2 aromatic carbocycles. The Hall–Kier alpha value is -2.54. The number of likely N-dealkylation sites (tertiary alicyclic amines) is 1. The Morgan fingerprint density at radius 1 is 1.03 bits per heavy atom. The van der Waals surface area contributed by atoms with Gasteiger partial charge >= 0.3 is 6.18 Å². The Balaban J connectivity index is 1.76. The zero-order chi connectivity index (χ0) is 22.4. The quantitative estimate of drug-likeness (QED) is 0.629. The molecule has 1 saturated heterocycles. The van der Waals surface area contributed by atoms with E-state index in [1.165, 1.54) is 12.1 Å². The van der Waals surface area contributed by atoms with Crippen LogP contribution in [0.3, 0.4) is 0 Å². The van der Waals surface area contributed by atoms with Gasteiger partial charge in [-0.05, 0) is 54.8 Å². The lowest BCUT2D eigenvalue weighted by molar-refractivity contribution is -0.138. The van der Waals surface area contributed by atoms with Crippen molar-refractivity contribution in [1.82, 2.24) is 9.80 Å². The topological polar surface area (TPSA) is 32.8 Å². The molecule has 0 spiro atoms. The summed E-state index contributed by atoms with van der Waals surface area (Å²) in [5.74, 6) is 0.713. The predicted molar refractivity (Wildman–Crippen MR) is 114 cm³/mol. The molecule has 3 rings (SSSR count). The molecule has 0 N–H and O–H groups in total. The Bertz CT molecular complexity index is 843. The lowest BCUT2D eigenvalue weighted by Crippen LogP contribution is -2.47. The molecule has 1 amide bonds. The maximum Gasteiger partial charge on any atom is 0.416 e. The van der Waals surface area contributed by atoms with Crippen molar-refractivity contribution < 1.29 is 22.7 Å². The van der Waals surface area contributed by atoms with Gasteiger partial charge in [-0.1, -0.05) is 31.2 Å². The molecule has 2 aromatic rings. The number of benzene rings is 2. The molecule has 1 aliphatic rings. The minimum Gasteiger partial charge on any atom is -0.497 e. The average molecular weight is 435 g/mol. The maximum absolute atomic E-state index is 13.2. The highest BCUT2D eigenvalue weighted by Crippen LogP contribution is 2.29. The molecule has 0 atom stereocenters. The van der Waals surface area contributed by atoms with Gasteiger partial charge in [0.05, 0.1) is 19.1 Å². The molecular formula is C24H29F3N2O2. The highest BCUT2D eigenvalue weighted by Gasteiger charge is 2.31.